The average molecular weight is 295 g/mol. The number of aliphatic hydroxyl groups excluding tert-OH is 1. The van der Waals surface area contributed by atoms with Crippen molar-refractivity contribution < 1.29 is 5.11 Å². The average Bonchev–Trinajstić information content (AvgIpc) is 2.48. The highest BCUT2D eigenvalue weighted by Gasteiger charge is 1.99. The van der Waals surface area contributed by atoms with Crippen molar-refractivity contribution in [2.75, 3.05) is 0 Å². The Morgan fingerprint density at radius 3 is 1.38 bits per heavy atom. The lowest BCUT2D eigenvalue weighted by Gasteiger charge is -2.06. The zero-order chi connectivity index (χ0) is 15.0. The second-order valence-electron chi connectivity index (χ2n) is 6.88. The van der Waals surface area contributed by atoms with Crippen molar-refractivity contribution in [2.45, 2.75) is 115 Å². The minimum absolute atomic E-state index is 0.199. The van der Waals surface area contributed by atoms with E-state index in [0.29, 0.717) is 0 Å². The van der Waals surface area contributed by atoms with Gasteiger partial charge < -0.3 is 5.11 Å². The highest BCUT2D eigenvalue weighted by Crippen LogP contribution is 2.15. The van der Waals surface area contributed by atoms with Crippen molar-refractivity contribution in [1.82, 2.24) is 0 Å². The van der Waals surface area contributed by atoms with Crippen LogP contribution in [0.15, 0.2) is 12.2 Å². The van der Waals surface area contributed by atoms with E-state index in [4.69, 9.17) is 0 Å². The van der Waals surface area contributed by atoms with Gasteiger partial charge in [-0.05, 0) is 19.3 Å². The van der Waals surface area contributed by atoms with Crippen molar-refractivity contribution in [1.29, 1.82) is 0 Å². The number of allylic oxidation sites excluding steroid dienone is 1. The Morgan fingerprint density at radius 1 is 0.524 bits per heavy atom. The van der Waals surface area contributed by atoms with Gasteiger partial charge in [0.2, 0.25) is 0 Å². The molecule has 0 aromatic carbocycles. The van der Waals surface area contributed by atoms with Crippen LogP contribution in [-0.4, -0.2) is 11.2 Å². The van der Waals surface area contributed by atoms with Gasteiger partial charge >= 0.3 is 0 Å². The molecule has 1 rings (SSSR count). The van der Waals surface area contributed by atoms with Crippen LogP contribution >= 0.6 is 0 Å². The fourth-order valence-corrected chi connectivity index (χ4v) is 3.26. The fraction of sp³-hybridized carbons (Fsp3) is 0.900. The van der Waals surface area contributed by atoms with Crippen molar-refractivity contribution >= 4 is 0 Å². The molecule has 0 bridgehead atoms. The Kier molecular flexibility index (Phi) is 13.1. The topological polar surface area (TPSA) is 20.2 Å². The van der Waals surface area contributed by atoms with Crippen molar-refractivity contribution in [2.24, 2.45) is 0 Å². The maximum Gasteiger partial charge on any atom is 0.0720 e. The summed E-state index contributed by atoms with van der Waals surface area (Å²) in [6, 6.07) is 0. The molecule has 1 N–H and O–H groups in total. The van der Waals surface area contributed by atoms with Crippen LogP contribution in [0.25, 0.3) is 0 Å². The SMILES string of the molecule is OC1C=CCCCCCCCCCCCCCCCCC1. The lowest BCUT2D eigenvalue weighted by Crippen LogP contribution is -2.01. The first-order valence-corrected chi connectivity index (χ1v) is 9.74. The Balaban J connectivity index is 2.14. The first-order chi connectivity index (χ1) is 10.4. The van der Waals surface area contributed by atoms with Crippen molar-refractivity contribution in [3.05, 3.63) is 12.2 Å². The van der Waals surface area contributed by atoms with E-state index in [1.54, 1.807) is 0 Å². The number of hydrogen-bond acceptors (Lipinski definition) is 1. The summed E-state index contributed by atoms with van der Waals surface area (Å²) in [6.07, 6.45) is 26.9. The van der Waals surface area contributed by atoms with Gasteiger partial charge in [-0.15, -0.1) is 0 Å². The van der Waals surface area contributed by atoms with Gasteiger partial charge in [-0.3, -0.25) is 0 Å². The molecular weight excluding hydrogens is 256 g/mol. The Morgan fingerprint density at radius 2 is 0.905 bits per heavy atom. The summed E-state index contributed by atoms with van der Waals surface area (Å²) in [5.41, 5.74) is 0. The molecule has 1 aliphatic rings. The Labute approximate surface area is 133 Å². The smallest absolute Gasteiger partial charge is 0.0720 e. The lowest BCUT2D eigenvalue weighted by atomic mass is 10.0. The summed E-state index contributed by atoms with van der Waals surface area (Å²) in [5.74, 6) is 0. The Bertz CT molecular complexity index is 234. The summed E-state index contributed by atoms with van der Waals surface area (Å²) < 4.78 is 0. The van der Waals surface area contributed by atoms with E-state index in [9.17, 15) is 5.11 Å². The normalized spacial score (nSPS) is 26.2. The third-order valence-corrected chi connectivity index (χ3v) is 4.73. The van der Waals surface area contributed by atoms with E-state index in [-0.39, 0.29) is 6.10 Å². The molecule has 1 nitrogen and oxygen atoms in total. The summed E-state index contributed by atoms with van der Waals surface area (Å²) >= 11 is 0. The zero-order valence-corrected chi connectivity index (χ0v) is 14.2. The minimum Gasteiger partial charge on any atom is -0.389 e. The zero-order valence-electron chi connectivity index (χ0n) is 14.2. The van der Waals surface area contributed by atoms with Gasteiger partial charge in [0.25, 0.3) is 0 Å². The van der Waals surface area contributed by atoms with E-state index in [1.165, 1.54) is 96.3 Å². The predicted molar refractivity (Wildman–Crippen MR) is 93.6 cm³/mol. The summed E-state index contributed by atoms with van der Waals surface area (Å²) in [6.45, 7) is 0. The maximum absolute atomic E-state index is 9.88. The molecule has 1 unspecified atom stereocenters. The van der Waals surface area contributed by atoms with Crippen LogP contribution in [-0.2, 0) is 0 Å². The van der Waals surface area contributed by atoms with E-state index in [1.807, 2.05) is 6.08 Å². The van der Waals surface area contributed by atoms with Crippen LogP contribution < -0.4 is 0 Å². The second kappa shape index (κ2) is 14.6. The minimum atomic E-state index is -0.199. The highest BCUT2D eigenvalue weighted by molar-refractivity contribution is 4.88. The third kappa shape index (κ3) is 13.1. The summed E-state index contributed by atoms with van der Waals surface area (Å²) in [4.78, 5) is 0. The highest BCUT2D eigenvalue weighted by atomic mass is 16.3. The molecule has 0 amide bonds. The molecule has 0 saturated carbocycles. The first kappa shape index (κ1) is 18.7. The molecule has 1 aliphatic carbocycles. The number of aliphatic hydroxyl groups is 1. The molecular formula is C20H38O. The van der Waals surface area contributed by atoms with Gasteiger partial charge in [0.05, 0.1) is 6.10 Å². The van der Waals surface area contributed by atoms with Crippen LogP contribution in [0, 0.1) is 0 Å². The molecule has 1 atom stereocenters. The van der Waals surface area contributed by atoms with E-state index < -0.39 is 0 Å². The number of hydrogen-bond donors (Lipinski definition) is 1. The Hall–Kier alpha value is -0.300. The summed E-state index contributed by atoms with van der Waals surface area (Å²) in [7, 11) is 0. The van der Waals surface area contributed by atoms with E-state index in [0.717, 1.165) is 12.8 Å². The molecule has 0 aromatic rings. The third-order valence-electron chi connectivity index (χ3n) is 4.73. The maximum atomic E-state index is 9.88. The molecule has 0 aliphatic heterocycles. The molecule has 0 spiro atoms. The van der Waals surface area contributed by atoms with Crippen molar-refractivity contribution in [3.8, 4) is 0 Å². The lowest BCUT2D eigenvalue weighted by molar-refractivity contribution is 0.207. The second-order valence-corrected chi connectivity index (χ2v) is 6.88. The van der Waals surface area contributed by atoms with Gasteiger partial charge in [-0.25, -0.2) is 0 Å². The molecule has 124 valence electrons. The van der Waals surface area contributed by atoms with Crippen LogP contribution in [0.4, 0.5) is 0 Å². The van der Waals surface area contributed by atoms with Gasteiger partial charge in [-0.2, -0.15) is 0 Å². The summed E-state index contributed by atoms with van der Waals surface area (Å²) in [5, 5.41) is 9.88. The molecule has 0 fully saturated rings. The molecule has 0 heterocycles. The molecule has 0 radical (unpaired) electrons. The van der Waals surface area contributed by atoms with Crippen molar-refractivity contribution in [3.63, 3.8) is 0 Å². The van der Waals surface area contributed by atoms with Crippen LogP contribution in [0.2, 0.25) is 0 Å². The quantitative estimate of drug-likeness (QED) is 0.502. The standard InChI is InChI=1S/C20H38O/c21-20-18-16-14-12-10-8-6-4-2-1-3-5-7-9-11-13-15-17-19-20/h16,18,20-21H,1-15,17,19H2. The number of rotatable bonds is 0. The van der Waals surface area contributed by atoms with Crippen LogP contribution in [0.5, 0.6) is 0 Å². The largest absolute Gasteiger partial charge is 0.389 e. The molecule has 0 aromatic heterocycles. The van der Waals surface area contributed by atoms with E-state index in [2.05, 4.69) is 6.08 Å². The first-order valence-electron chi connectivity index (χ1n) is 9.74. The van der Waals surface area contributed by atoms with Crippen LogP contribution in [0.1, 0.15) is 109 Å². The van der Waals surface area contributed by atoms with E-state index >= 15 is 0 Å². The monoisotopic (exact) mass is 294 g/mol. The van der Waals surface area contributed by atoms with Gasteiger partial charge in [0.15, 0.2) is 0 Å². The fourth-order valence-electron chi connectivity index (χ4n) is 3.26. The molecule has 21 heavy (non-hydrogen) atoms. The molecule has 0 saturated heterocycles. The van der Waals surface area contributed by atoms with Gasteiger partial charge in [-0.1, -0.05) is 102 Å². The van der Waals surface area contributed by atoms with Gasteiger partial charge in [0, 0.05) is 0 Å². The molecule has 1 heteroatoms. The van der Waals surface area contributed by atoms with Gasteiger partial charge in [0.1, 0.15) is 0 Å². The van der Waals surface area contributed by atoms with Crippen LogP contribution in [0.3, 0.4) is 0 Å². The predicted octanol–water partition coefficient (Wildman–Crippen LogP) is 6.55.